The Kier molecular flexibility index (Phi) is 4.64. The Morgan fingerprint density at radius 2 is 1.65 bits per heavy atom. The molecule has 0 aliphatic rings. The molecule has 3 heteroatoms. The number of benzene rings is 2. The Morgan fingerprint density at radius 1 is 1.00 bits per heavy atom. The van der Waals surface area contributed by atoms with Crippen LogP contribution in [-0.2, 0) is 0 Å². The van der Waals surface area contributed by atoms with Gasteiger partial charge in [-0.3, -0.25) is 0 Å². The zero-order chi connectivity index (χ0) is 14.5. The molecule has 0 aromatic heterocycles. The maximum atomic E-state index is 6.22. The molecule has 0 amide bonds. The van der Waals surface area contributed by atoms with Gasteiger partial charge in [0.2, 0.25) is 0 Å². The maximum absolute atomic E-state index is 6.22. The van der Waals surface area contributed by atoms with Gasteiger partial charge in [0.1, 0.15) is 18.1 Å². The highest BCUT2D eigenvalue weighted by Crippen LogP contribution is 2.21. The molecular formula is C17H21NO2. The van der Waals surface area contributed by atoms with E-state index in [0.29, 0.717) is 6.61 Å². The summed E-state index contributed by atoms with van der Waals surface area (Å²) >= 11 is 0. The first-order chi connectivity index (χ1) is 9.60. The summed E-state index contributed by atoms with van der Waals surface area (Å²) in [5.74, 6) is 1.61. The van der Waals surface area contributed by atoms with Crippen LogP contribution in [0.5, 0.6) is 11.5 Å². The van der Waals surface area contributed by atoms with Crippen LogP contribution in [-0.4, -0.2) is 13.7 Å². The zero-order valence-corrected chi connectivity index (χ0v) is 12.2. The molecule has 0 spiro atoms. The van der Waals surface area contributed by atoms with Crippen LogP contribution in [0.1, 0.15) is 22.7 Å². The Bertz CT molecular complexity index is 564. The van der Waals surface area contributed by atoms with Crippen molar-refractivity contribution in [1.29, 1.82) is 0 Å². The minimum absolute atomic E-state index is 0.128. The highest BCUT2D eigenvalue weighted by Gasteiger charge is 2.10. The second-order valence-electron chi connectivity index (χ2n) is 4.95. The monoisotopic (exact) mass is 271 g/mol. The first-order valence-corrected chi connectivity index (χ1v) is 6.69. The molecule has 0 aliphatic heterocycles. The summed E-state index contributed by atoms with van der Waals surface area (Å²) < 4.78 is 10.8. The first-order valence-electron chi connectivity index (χ1n) is 6.69. The number of aryl methyl sites for hydroxylation is 2. The van der Waals surface area contributed by atoms with Crippen LogP contribution in [0.15, 0.2) is 42.5 Å². The summed E-state index contributed by atoms with van der Waals surface area (Å²) in [4.78, 5) is 0. The standard InChI is InChI=1S/C17H21NO2/c1-12-4-5-13(2)16(10-12)17(18)11-20-15-8-6-14(19-3)7-9-15/h4-10,17H,11,18H2,1-3H3. The van der Waals surface area contributed by atoms with Crippen molar-refractivity contribution in [3.8, 4) is 11.5 Å². The van der Waals surface area contributed by atoms with Gasteiger partial charge >= 0.3 is 0 Å². The average molecular weight is 271 g/mol. The van der Waals surface area contributed by atoms with E-state index < -0.39 is 0 Å². The van der Waals surface area contributed by atoms with Crippen LogP contribution < -0.4 is 15.2 Å². The smallest absolute Gasteiger partial charge is 0.119 e. The van der Waals surface area contributed by atoms with Crippen LogP contribution in [0.2, 0.25) is 0 Å². The number of nitrogens with two attached hydrogens (primary N) is 1. The molecule has 0 aliphatic carbocycles. The predicted octanol–water partition coefficient (Wildman–Crippen LogP) is 3.39. The van der Waals surface area contributed by atoms with Gasteiger partial charge in [0.05, 0.1) is 13.2 Å². The average Bonchev–Trinajstić information content (AvgIpc) is 2.47. The van der Waals surface area contributed by atoms with Crippen LogP contribution >= 0.6 is 0 Å². The van der Waals surface area contributed by atoms with Crippen molar-refractivity contribution in [3.63, 3.8) is 0 Å². The van der Waals surface area contributed by atoms with E-state index in [9.17, 15) is 0 Å². The molecule has 3 nitrogen and oxygen atoms in total. The van der Waals surface area contributed by atoms with E-state index in [4.69, 9.17) is 15.2 Å². The van der Waals surface area contributed by atoms with Crippen LogP contribution in [0.3, 0.4) is 0 Å². The van der Waals surface area contributed by atoms with Gasteiger partial charge in [-0.15, -0.1) is 0 Å². The van der Waals surface area contributed by atoms with Gasteiger partial charge in [-0.2, -0.15) is 0 Å². The lowest BCUT2D eigenvalue weighted by molar-refractivity contribution is 0.289. The van der Waals surface area contributed by atoms with Crippen molar-refractivity contribution in [1.82, 2.24) is 0 Å². The lowest BCUT2D eigenvalue weighted by Crippen LogP contribution is -2.20. The SMILES string of the molecule is COc1ccc(OCC(N)c2cc(C)ccc2C)cc1. The highest BCUT2D eigenvalue weighted by molar-refractivity contribution is 5.34. The summed E-state index contributed by atoms with van der Waals surface area (Å²) in [5, 5.41) is 0. The third-order valence-corrected chi connectivity index (χ3v) is 3.32. The van der Waals surface area contributed by atoms with E-state index in [1.807, 2.05) is 24.3 Å². The van der Waals surface area contributed by atoms with Crippen LogP contribution in [0.25, 0.3) is 0 Å². The number of rotatable bonds is 5. The number of hydrogen-bond acceptors (Lipinski definition) is 3. The lowest BCUT2D eigenvalue weighted by atomic mass is 10.00. The molecule has 20 heavy (non-hydrogen) atoms. The van der Waals surface area contributed by atoms with E-state index in [1.54, 1.807) is 7.11 Å². The molecule has 0 saturated carbocycles. The molecule has 2 N–H and O–H groups in total. The Morgan fingerprint density at radius 3 is 2.30 bits per heavy atom. The Labute approximate surface area is 120 Å². The van der Waals surface area contributed by atoms with Crippen molar-refractivity contribution in [3.05, 3.63) is 59.2 Å². The highest BCUT2D eigenvalue weighted by atomic mass is 16.5. The first kappa shape index (κ1) is 14.4. The molecule has 0 radical (unpaired) electrons. The van der Waals surface area contributed by atoms with E-state index in [1.165, 1.54) is 11.1 Å². The van der Waals surface area contributed by atoms with Crippen LogP contribution in [0, 0.1) is 13.8 Å². The summed E-state index contributed by atoms with van der Waals surface area (Å²) in [7, 11) is 1.65. The van der Waals surface area contributed by atoms with Crippen molar-refractivity contribution in [2.45, 2.75) is 19.9 Å². The van der Waals surface area contributed by atoms with Crippen molar-refractivity contribution in [2.24, 2.45) is 5.73 Å². The van der Waals surface area contributed by atoms with E-state index >= 15 is 0 Å². The summed E-state index contributed by atoms with van der Waals surface area (Å²) in [6.45, 7) is 4.60. The van der Waals surface area contributed by atoms with Gasteiger partial charge in [-0.05, 0) is 49.2 Å². The van der Waals surface area contributed by atoms with Crippen molar-refractivity contribution < 1.29 is 9.47 Å². The summed E-state index contributed by atoms with van der Waals surface area (Å²) in [5.41, 5.74) is 9.77. The molecule has 2 aromatic rings. The molecule has 1 atom stereocenters. The lowest BCUT2D eigenvalue weighted by Gasteiger charge is -2.16. The van der Waals surface area contributed by atoms with Gasteiger partial charge in [0.15, 0.2) is 0 Å². The minimum Gasteiger partial charge on any atom is -0.497 e. The fourth-order valence-electron chi connectivity index (χ4n) is 2.11. The minimum atomic E-state index is -0.128. The van der Waals surface area contributed by atoms with Gasteiger partial charge in [0.25, 0.3) is 0 Å². The van der Waals surface area contributed by atoms with Gasteiger partial charge in [0, 0.05) is 0 Å². The number of ether oxygens (including phenoxy) is 2. The predicted molar refractivity (Wildman–Crippen MR) is 81.3 cm³/mol. The number of hydrogen-bond donors (Lipinski definition) is 1. The molecule has 0 bridgehead atoms. The molecule has 0 saturated heterocycles. The Balaban J connectivity index is 2.00. The third kappa shape index (κ3) is 3.52. The molecule has 0 heterocycles. The fourth-order valence-corrected chi connectivity index (χ4v) is 2.11. The topological polar surface area (TPSA) is 44.5 Å². The Hall–Kier alpha value is -2.00. The fraction of sp³-hybridized carbons (Fsp3) is 0.294. The zero-order valence-electron chi connectivity index (χ0n) is 12.2. The quantitative estimate of drug-likeness (QED) is 0.906. The maximum Gasteiger partial charge on any atom is 0.119 e. The van der Waals surface area contributed by atoms with Crippen LogP contribution in [0.4, 0.5) is 0 Å². The molecule has 106 valence electrons. The summed E-state index contributed by atoms with van der Waals surface area (Å²) in [6.07, 6.45) is 0. The van der Waals surface area contributed by atoms with E-state index in [-0.39, 0.29) is 6.04 Å². The molecular weight excluding hydrogens is 250 g/mol. The van der Waals surface area contributed by atoms with Crippen molar-refractivity contribution >= 4 is 0 Å². The van der Waals surface area contributed by atoms with E-state index in [2.05, 4.69) is 32.0 Å². The second-order valence-corrected chi connectivity index (χ2v) is 4.95. The van der Waals surface area contributed by atoms with E-state index in [0.717, 1.165) is 17.1 Å². The van der Waals surface area contributed by atoms with Gasteiger partial charge in [-0.1, -0.05) is 23.8 Å². The second kappa shape index (κ2) is 6.44. The molecule has 1 unspecified atom stereocenters. The molecule has 0 fully saturated rings. The third-order valence-electron chi connectivity index (χ3n) is 3.32. The van der Waals surface area contributed by atoms with Gasteiger partial charge in [-0.25, -0.2) is 0 Å². The summed E-state index contributed by atoms with van der Waals surface area (Å²) in [6, 6.07) is 13.7. The van der Waals surface area contributed by atoms with Crippen molar-refractivity contribution in [2.75, 3.05) is 13.7 Å². The molecule has 2 rings (SSSR count). The van der Waals surface area contributed by atoms with Gasteiger partial charge < -0.3 is 15.2 Å². The number of methoxy groups -OCH3 is 1. The normalized spacial score (nSPS) is 12.0. The molecule has 2 aromatic carbocycles. The largest absolute Gasteiger partial charge is 0.497 e.